The Morgan fingerprint density at radius 2 is 1.80 bits per heavy atom. The van der Waals surface area contributed by atoms with E-state index in [1.54, 1.807) is 0 Å². The molecule has 1 saturated heterocycles. The fourth-order valence-corrected chi connectivity index (χ4v) is 3.92. The third-order valence-electron chi connectivity index (χ3n) is 5.24. The van der Waals surface area contributed by atoms with Crippen molar-refractivity contribution >= 4 is 11.8 Å². The van der Waals surface area contributed by atoms with E-state index in [0.29, 0.717) is 26.3 Å². The van der Waals surface area contributed by atoms with Gasteiger partial charge in [0.25, 0.3) is 0 Å². The SMILES string of the molecule is CC(C)(C)OC(=O)N1CCC2(CC1)CNc1cc3c(cc12)OCCO3. The minimum atomic E-state index is -0.454. The van der Waals surface area contributed by atoms with Gasteiger partial charge in [-0.25, -0.2) is 4.79 Å². The maximum Gasteiger partial charge on any atom is 0.410 e. The summed E-state index contributed by atoms with van der Waals surface area (Å²) in [4.78, 5) is 14.1. The number of nitrogens with zero attached hydrogens (tertiary/aromatic N) is 1. The van der Waals surface area contributed by atoms with E-state index in [0.717, 1.165) is 36.6 Å². The minimum Gasteiger partial charge on any atom is -0.486 e. The first kappa shape index (κ1) is 16.4. The van der Waals surface area contributed by atoms with E-state index in [1.807, 2.05) is 25.7 Å². The van der Waals surface area contributed by atoms with Crippen molar-refractivity contribution in [3.05, 3.63) is 17.7 Å². The number of rotatable bonds is 0. The highest BCUT2D eigenvalue weighted by Crippen LogP contribution is 2.48. The average molecular weight is 346 g/mol. The first-order chi connectivity index (χ1) is 11.9. The van der Waals surface area contributed by atoms with Crippen LogP contribution in [0, 0.1) is 0 Å². The summed E-state index contributed by atoms with van der Waals surface area (Å²) in [6, 6.07) is 4.19. The number of carbonyl (C=O) groups excluding carboxylic acids is 1. The molecule has 6 nitrogen and oxygen atoms in total. The van der Waals surface area contributed by atoms with Crippen LogP contribution in [0.1, 0.15) is 39.2 Å². The van der Waals surface area contributed by atoms with Crippen molar-refractivity contribution in [2.75, 3.05) is 38.2 Å². The van der Waals surface area contributed by atoms with E-state index in [2.05, 4.69) is 17.4 Å². The van der Waals surface area contributed by atoms with Gasteiger partial charge in [0.05, 0.1) is 0 Å². The molecule has 1 N–H and O–H groups in total. The first-order valence-electron chi connectivity index (χ1n) is 9.02. The smallest absolute Gasteiger partial charge is 0.410 e. The van der Waals surface area contributed by atoms with Crippen LogP contribution >= 0.6 is 0 Å². The Hall–Kier alpha value is -2.11. The summed E-state index contributed by atoms with van der Waals surface area (Å²) in [5.74, 6) is 1.66. The number of nitrogens with one attached hydrogen (secondary N) is 1. The van der Waals surface area contributed by atoms with Crippen LogP contribution in [0.3, 0.4) is 0 Å². The Balaban J connectivity index is 1.50. The van der Waals surface area contributed by atoms with Crippen molar-refractivity contribution in [1.82, 2.24) is 4.90 Å². The zero-order chi connectivity index (χ0) is 17.7. The molecule has 3 heterocycles. The van der Waals surface area contributed by atoms with Crippen LogP contribution in [0.4, 0.5) is 10.5 Å². The number of piperidine rings is 1. The summed E-state index contributed by atoms with van der Waals surface area (Å²) >= 11 is 0. The Morgan fingerprint density at radius 1 is 1.16 bits per heavy atom. The van der Waals surface area contributed by atoms with Crippen molar-refractivity contribution in [2.24, 2.45) is 0 Å². The minimum absolute atomic E-state index is 0.0592. The van der Waals surface area contributed by atoms with Gasteiger partial charge in [0.1, 0.15) is 18.8 Å². The van der Waals surface area contributed by atoms with Crippen LogP contribution in [0.2, 0.25) is 0 Å². The maximum atomic E-state index is 12.3. The van der Waals surface area contributed by atoms with E-state index in [4.69, 9.17) is 14.2 Å². The second kappa shape index (κ2) is 5.71. The van der Waals surface area contributed by atoms with Gasteiger partial charge >= 0.3 is 6.09 Å². The molecule has 1 amide bonds. The van der Waals surface area contributed by atoms with Crippen molar-refractivity contribution in [1.29, 1.82) is 0 Å². The molecule has 1 fully saturated rings. The lowest BCUT2D eigenvalue weighted by Gasteiger charge is -2.39. The number of amides is 1. The molecule has 6 heteroatoms. The van der Waals surface area contributed by atoms with Crippen LogP contribution in [-0.4, -0.2) is 49.4 Å². The number of ether oxygens (including phenoxy) is 3. The molecule has 1 aromatic carbocycles. The van der Waals surface area contributed by atoms with Gasteiger partial charge in [0, 0.05) is 36.8 Å². The summed E-state index contributed by atoms with van der Waals surface area (Å²) in [5, 5.41) is 3.52. The highest BCUT2D eigenvalue weighted by atomic mass is 16.6. The molecule has 25 heavy (non-hydrogen) atoms. The number of benzene rings is 1. The van der Waals surface area contributed by atoms with E-state index >= 15 is 0 Å². The standard InChI is InChI=1S/C19H26N2O4/c1-18(2,3)25-17(22)21-6-4-19(5-7-21)12-20-14-11-16-15(10-13(14)19)23-8-9-24-16/h10-11,20H,4-9,12H2,1-3H3. The average Bonchev–Trinajstić information content (AvgIpc) is 2.90. The molecule has 3 aliphatic heterocycles. The summed E-state index contributed by atoms with van der Waals surface area (Å²) in [5.41, 5.74) is 2.03. The quantitative estimate of drug-likeness (QED) is 0.782. The van der Waals surface area contributed by atoms with Gasteiger partial charge in [-0.3, -0.25) is 0 Å². The topological polar surface area (TPSA) is 60.0 Å². The van der Waals surface area contributed by atoms with Crippen molar-refractivity contribution < 1.29 is 19.0 Å². The monoisotopic (exact) mass is 346 g/mol. The second-order valence-corrected chi connectivity index (χ2v) is 8.14. The molecule has 1 aromatic rings. The fraction of sp³-hybridized carbons (Fsp3) is 0.632. The molecule has 0 unspecified atom stereocenters. The van der Waals surface area contributed by atoms with Gasteiger partial charge in [-0.1, -0.05) is 0 Å². The van der Waals surface area contributed by atoms with Crippen LogP contribution < -0.4 is 14.8 Å². The second-order valence-electron chi connectivity index (χ2n) is 8.14. The number of anilines is 1. The Bertz CT molecular complexity index is 687. The number of hydrogen-bond donors (Lipinski definition) is 1. The Morgan fingerprint density at radius 3 is 2.44 bits per heavy atom. The number of likely N-dealkylation sites (tertiary alicyclic amines) is 1. The molecule has 0 aromatic heterocycles. The van der Waals surface area contributed by atoms with Gasteiger partial charge in [-0.15, -0.1) is 0 Å². The van der Waals surface area contributed by atoms with Gasteiger partial charge in [-0.2, -0.15) is 0 Å². The predicted octanol–water partition coefficient (Wildman–Crippen LogP) is 3.15. The van der Waals surface area contributed by atoms with Gasteiger partial charge in [0.15, 0.2) is 11.5 Å². The fourth-order valence-electron chi connectivity index (χ4n) is 3.92. The zero-order valence-electron chi connectivity index (χ0n) is 15.2. The van der Waals surface area contributed by atoms with Crippen LogP contribution in [-0.2, 0) is 10.2 Å². The predicted molar refractivity (Wildman–Crippen MR) is 94.6 cm³/mol. The summed E-state index contributed by atoms with van der Waals surface area (Å²) < 4.78 is 17.0. The van der Waals surface area contributed by atoms with Crippen LogP contribution in [0.25, 0.3) is 0 Å². The van der Waals surface area contributed by atoms with Gasteiger partial charge in [-0.05, 0) is 45.2 Å². The molecule has 0 saturated carbocycles. The van der Waals surface area contributed by atoms with Crippen LogP contribution in [0.15, 0.2) is 12.1 Å². The van der Waals surface area contributed by atoms with E-state index in [9.17, 15) is 4.79 Å². The summed E-state index contributed by atoms with van der Waals surface area (Å²) in [6.07, 6.45) is 1.63. The van der Waals surface area contributed by atoms with E-state index < -0.39 is 5.60 Å². The Labute approximate surface area is 148 Å². The number of fused-ring (bicyclic) bond motifs is 3. The highest BCUT2D eigenvalue weighted by molar-refractivity contribution is 5.70. The van der Waals surface area contributed by atoms with Crippen molar-refractivity contribution in [2.45, 2.75) is 44.6 Å². The van der Waals surface area contributed by atoms with Gasteiger partial charge < -0.3 is 24.4 Å². The van der Waals surface area contributed by atoms with Crippen LogP contribution in [0.5, 0.6) is 11.5 Å². The molecule has 0 aliphatic carbocycles. The molecule has 4 rings (SSSR count). The number of carbonyl (C=O) groups is 1. The molecule has 0 bridgehead atoms. The highest BCUT2D eigenvalue weighted by Gasteiger charge is 2.43. The third kappa shape index (κ3) is 2.98. The van der Waals surface area contributed by atoms with Gasteiger partial charge in [0.2, 0.25) is 0 Å². The lowest BCUT2D eigenvalue weighted by Crippen LogP contribution is -2.47. The summed E-state index contributed by atoms with van der Waals surface area (Å²) in [7, 11) is 0. The van der Waals surface area contributed by atoms with Crippen molar-refractivity contribution in [3.63, 3.8) is 0 Å². The maximum absolute atomic E-state index is 12.3. The normalized spacial score (nSPS) is 20.8. The number of hydrogen-bond acceptors (Lipinski definition) is 5. The molecule has 0 atom stereocenters. The summed E-state index contributed by atoms with van der Waals surface area (Å²) in [6.45, 7) is 9.22. The van der Waals surface area contributed by atoms with Crippen molar-refractivity contribution in [3.8, 4) is 11.5 Å². The molecule has 1 spiro atoms. The Kier molecular flexibility index (Phi) is 3.74. The molecule has 136 valence electrons. The van der Waals surface area contributed by atoms with E-state index in [1.165, 1.54) is 5.56 Å². The molecule has 3 aliphatic rings. The lowest BCUT2D eigenvalue weighted by molar-refractivity contribution is 0.0172. The molecular formula is C19H26N2O4. The van der Waals surface area contributed by atoms with E-state index in [-0.39, 0.29) is 11.5 Å². The lowest BCUT2D eigenvalue weighted by atomic mass is 9.74. The zero-order valence-corrected chi connectivity index (χ0v) is 15.2. The largest absolute Gasteiger partial charge is 0.486 e. The first-order valence-corrected chi connectivity index (χ1v) is 9.02. The third-order valence-corrected chi connectivity index (χ3v) is 5.24. The molecular weight excluding hydrogens is 320 g/mol. The molecule has 0 radical (unpaired) electrons.